The van der Waals surface area contributed by atoms with Gasteiger partial charge in [0.05, 0.1) is 19.2 Å². The second kappa shape index (κ2) is 10.6. The molecule has 4 aromatic rings. The zero-order valence-electron chi connectivity index (χ0n) is 21.4. The number of anilines is 2. The first-order chi connectivity index (χ1) is 18.5. The van der Waals surface area contributed by atoms with Gasteiger partial charge in [0, 0.05) is 33.5 Å². The average Bonchev–Trinajstić information content (AvgIpc) is 3.45. The maximum atomic E-state index is 6.84. The lowest BCUT2D eigenvalue weighted by atomic mass is 9.87. The maximum absolute atomic E-state index is 6.84. The molecule has 0 radical (unpaired) electrons. The number of nitrogens with two attached hydrogens (primary N) is 1. The molecule has 0 aliphatic carbocycles. The van der Waals surface area contributed by atoms with Crippen LogP contribution in [0.4, 0.5) is 11.4 Å². The minimum absolute atomic E-state index is 0.120. The van der Waals surface area contributed by atoms with Crippen LogP contribution in [0.3, 0.4) is 0 Å². The van der Waals surface area contributed by atoms with Crippen molar-refractivity contribution in [2.75, 3.05) is 25.1 Å². The molecule has 4 nitrogen and oxygen atoms in total. The number of rotatable bonds is 6. The second-order valence-corrected chi connectivity index (χ2v) is 11.0. The van der Waals surface area contributed by atoms with Crippen molar-refractivity contribution >= 4 is 34.6 Å². The Labute approximate surface area is 234 Å². The third kappa shape index (κ3) is 4.78. The minimum Gasteiger partial charge on any atom is -0.497 e. The summed E-state index contributed by atoms with van der Waals surface area (Å²) in [5.41, 5.74) is 14.6. The molecule has 6 heteroatoms. The third-order valence-electron chi connectivity index (χ3n) is 7.76. The summed E-state index contributed by atoms with van der Waals surface area (Å²) in [6.07, 6.45) is 2.58. The second-order valence-electron chi connectivity index (χ2n) is 10.2. The SMILES string of the molecule is COc1ccc2c(c1)C(N)c1ccc(Cl)cc1N2C(c1ccc(Cl)cc1)c1ccc(CN2CCCC2)cc1. The Morgan fingerprint density at radius 1 is 0.789 bits per heavy atom. The Morgan fingerprint density at radius 3 is 2.13 bits per heavy atom. The summed E-state index contributed by atoms with van der Waals surface area (Å²) >= 11 is 12.9. The quantitative estimate of drug-likeness (QED) is 0.268. The number of fused-ring (bicyclic) bond motifs is 2. The smallest absolute Gasteiger partial charge is 0.119 e. The van der Waals surface area contributed by atoms with Gasteiger partial charge in [-0.25, -0.2) is 0 Å². The highest BCUT2D eigenvalue weighted by molar-refractivity contribution is 6.31. The molecule has 4 aromatic carbocycles. The Bertz CT molecular complexity index is 1430. The molecule has 1 fully saturated rings. The standard InChI is InChI=1S/C32H31Cl2N3O/c1-38-26-13-15-29-28(19-26)31(35)27-14-12-25(34)18-30(27)37(29)32(23-8-10-24(33)11-9-23)22-6-4-21(5-7-22)20-36-16-2-3-17-36/h4-15,18-19,31-32H,2-3,16-17,20,35H2,1H3. The van der Waals surface area contributed by atoms with Crippen LogP contribution in [0.2, 0.25) is 10.0 Å². The van der Waals surface area contributed by atoms with Crippen molar-refractivity contribution in [1.82, 2.24) is 4.90 Å². The van der Waals surface area contributed by atoms with Crippen LogP contribution in [0.1, 0.15) is 52.7 Å². The molecular weight excluding hydrogens is 513 g/mol. The summed E-state index contributed by atoms with van der Waals surface area (Å²) in [6.45, 7) is 3.35. The summed E-state index contributed by atoms with van der Waals surface area (Å²) in [4.78, 5) is 4.89. The van der Waals surface area contributed by atoms with Crippen molar-refractivity contribution in [3.05, 3.63) is 123 Å². The lowest BCUT2D eigenvalue weighted by Crippen LogP contribution is -2.32. The molecule has 0 aromatic heterocycles. The fourth-order valence-electron chi connectivity index (χ4n) is 5.83. The van der Waals surface area contributed by atoms with Gasteiger partial charge >= 0.3 is 0 Å². The van der Waals surface area contributed by atoms with Gasteiger partial charge in [0.25, 0.3) is 0 Å². The lowest BCUT2D eigenvalue weighted by molar-refractivity contribution is 0.331. The number of methoxy groups -OCH3 is 1. The Morgan fingerprint density at radius 2 is 1.45 bits per heavy atom. The molecule has 38 heavy (non-hydrogen) atoms. The van der Waals surface area contributed by atoms with Gasteiger partial charge in [0.15, 0.2) is 0 Å². The molecule has 0 spiro atoms. The van der Waals surface area contributed by atoms with E-state index in [0.717, 1.165) is 40.4 Å². The number of hydrogen-bond acceptors (Lipinski definition) is 4. The van der Waals surface area contributed by atoms with E-state index in [4.69, 9.17) is 33.7 Å². The van der Waals surface area contributed by atoms with Crippen LogP contribution < -0.4 is 15.4 Å². The molecule has 6 rings (SSSR count). The van der Waals surface area contributed by atoms with E-state index >= 15 is 0 Å². The number of benzene rings is 4. The van der Waals surface area contributed by atoms with E-state index in [-0.39, 0.29) is 12.1 Å². The van der Waals surface area contributed by atoms with Crippen LogP contribution in [-0.2, 0) is 6.54 Å². The van der Waals surface area contributed by atoms with Crippen molar-refractivity contribution in [3.63, 3.8) is 0 Å². The first-order valence-electron chi connectivity index (χ1n) is 13.1. The fourth-order valence-corrected chi connectivity index (χ4v) is 6.12. The van der Waals surface area contributed by atoms with E-state index < -0.39 is 0 Å². The molecule has 0 saturated carbocycles. The summed E-state index contributed by atoms with van der Waals surface area (Å²) in [7, 11) is 1.68. The van der Waals surface area contributed by atoms with Crippen LogP contribution in [-0.4, -0.2) is 25.1 Å². The molecule has 2 aliphatic heterocycles. The molecule has 1 saturated heterocycles. The van der Waals surface area contributed by atoms with Gasteiger partial charge in [0.2, 0.25) is 0 Å². The number of nitrogens with zero attached hydrogens (tertiary/aromatic N) is 2. The molecule has 2 N–H and O–H groups in total. The molecule has 0 bridgehead atoms. The molecule has 2 heterocycles. The highest BCUT2D eigenvalue weighted by atomic mass is 35.5. The molecule has 0 amide bonds. The molecule has 2 aliphatic rings. The first kappa shape index (κ1) is 25.3. The monoisotopic (exact) mass is 543 g/mol. The predicted molar refractivity (Wildman–Crippen MR) is 157 cm³/mol. The Balaban J connectivity index is 1.51. The average molecular weight is 545 g/mol. The van der Waals surface area contributed by atoms with E-state index in [2.05, 4.69) is 52.3 Å². The normalized spacial score (nSPS) is 17.7. The summed E-state index contributed by atoms with van der Waals surface area (Å²) in [5.74, 6) is 0.783. The number of ether oxygens (including phenoxy) is 1. The molecule has 2 atom stereocenters. The summed E-state index contributed by atoms with van der Waals surface area (Å²) < 4.78 is 5.57. The van der Waals surface area contributed by atoms with Gasteiger partial charge in [-0.05, 0) is 90.6 Å². The third-order valence-corrected chi connectivity index (χ3v) is 8.25. The van der Waals surface area contributed by atoms with E-state index in [1.165, 1.54) is 37.1 Å². The van der Waals surface area contributed by atoms with E-state index in [0.29, 0.717) is 10.0 Å². The zero-order valence-corrected chi connectivity index (χ0v) is 22.9. The minimum atomic E-state index is -0.294. The van der Waals surface area contributed by atoms with Crippen LogP contribution in [0.25, 0.3) is 0 Å². The van der Waals surface area contributed by atoms with E-state index in [1.807, 2.05) is 42.5 Å². The van der Waals surface area contributed by atoms with Crippen LogP contribution in [0.5, 0.6) is 5.75 Å². The Hall–Kier alpha value is -3.02. The zero-order chi connectivity index (χ0) is 26.2. The maximum Gasteiger partial charge on any atom is 0.119 e. The van der Waals surface area contributed by atoms with Crippen molar-refractivity contribution in [2.45, 2.75) is 31.5 Å². The summed E-state index contributed by atoms with van der Waals surface area (Å²) in [6, 6.07) is 28.8. The van der Waals surface area contributed by atoms with Crippen molar-refractivity contribution in [3.8, 4) is 5.75 Å². The van der Waals surface area contributed by atoms with Gasteiger partial charge < -0.3 is 15.4 Å². The molecule has 2 unspecified atom stereocenters. The number of halogens is 2. The van der Waals surface area contributed by atoms with Crippen molar-refractivity contribution in [2.24, 2.45) is 5.73 Å². The molecular formula is C32H31Cl2N3O. The van der Waals surface area contributed by atoms with Crippen LogP contribution in [0, 0.1) is 0 Å². The van der Waals surface area contributed by atoms with Gasteiger partial charge in [-0.1, -0.05) is 65.7 Å². The van der Waals surface area contributed by atoms with Crippen LogP contribution in [0.15, 0.2) is 84.9 Å². The van der Waals surface area contributed by atoms with Crippen LogP contribution >= 0.6 is 23.2 Å². The highest BCUT2D eigenvalue weighted by Crippen LogP contribution is 2.50. The predicted octanol–water partition coefficient (Wildman–Crippen LogP) is 7.89. The number of hydrogen-bond donors (Lipinski definition) is 1. The van der Waals surface area contributed by atoms with Gasteiger partial charge in [-0.2, -0.15) is 0 Å². The lowest BCUT2D eigenvalue weighted by Gasteiger charge is -2.42. The topological polar surface area (TPSA) is 41.7 Å². The Kier molecular flexibility index (Phi) is 7.07. The van der Waals surface area contributed by atoms with Gasteiger partial charge in [-0.15, -0.1) is 0 Å². The highest BCUT2D eigenvalue weighted by Gasteiger charge is 2.34. The van der Waals surface area contributed by atoms with Crippen molar-refractivity contribution < 1.29 is 4.74 Å². The number of likely N-dealkylation sites (tertiary alicyclic amines) is 1. The fraction of sp³-hybridized carbons (Fsp3) is 0.250. The first-order valence-corrected chi connectivity index (χ1v) is 13.9. The van der Waals surface area contributed by atoms with Gasteiger partial charge in [-0.3, -0.25) is 4.90 Å². The van der Waals surface area contributed by atoms with E-state index in [9.17, 15) is 0 Å². The van der Waals surface area contributed by atoms with Crippen molar-refractivity contribution in [1.29, 1.82) is 0 Å². The molecule has 194 valence electrons. The van der Waals surface area contributed by atoms with Gasteiger partial charge in [0.1, 0.15) is 5.75 Å². The largest absolute Gasteiger partial charge is 0.497 e. The summed E-state index contributed by atoms with van der Waals surface area (Å²) in [5, 5.41) is 1.39. The van der Waals surface area contributed by atoms with E-state index in [1.54, 1.807) is 7.11 Å².